The van der Waals surface area contributed by atoms with E-state index < -0.39 is 0 Å². The Balaban J connectivity index is 1.53. The number of likely N-dealkylation sites (tertiary alicyclic amines) is 1. The maximum Gasteiger partial charge on any atom is 0.233 e. The number of pyridine rings is 1. The zero-order chi connectivity index (χ0) is 18.1. The first-order valence-electron chi connectivity index (χ1n) is 9.69. The second-order valence-corrected chi connectivity index (χ2v) is 8.16. The van der Waals surface area contributed by atoms with E-state index in [1.807, 2.05) is 0 Å². The van der Waals surface area contributed by atoms with E-state index in [2.05, 4.69) is 25.7 Å². The summed E-state index contributed by atoms with van der Waals surface area (Å²) >= 11 is 6.33. The highest BCUT2D eigenvalue weighted by molar-refractivity contribution is 6.31. The van der Waals surface area contributed by atoms with Crippen molar-refractivity contribution in [2.24, 2.45) is 5.92 Å². The van der Waals surface area contributed by atoms with Crippen molar-refractivity contribution in [3.63, 3.8) is 0 Å². The lowest BCUT2D eigenvalue weighted by Crippen LogP contribution is -2.38. The van der Waals surface area contributed by atoms with Crippen molar-refractivity contribution in [3.05, 3.63) is 27.7 Å². The van der Waals surface area contributed by atoms with Gasteiger partial charge in [0, 0.05) is 19.6 Å². The number of anilines is 1. The van der Waals surface area contributed by atoms with E-state index in [0.717, 1.165) is 50.3 Å². The van der Waals surface area contributed by atoms with Crippen LogP contribution in [0.15, 0.2) is 0 Å². The van der Waals surface area contributed by atoms with Gasteiger partial charge in [-0.15, -0.1) is 0 Å². The molecule has 0 unspecified atom stereocenters. The first kappa shape index (κ1) is 17.6. The van der Waals surface area contributed by atoms with Gasteiger partial charge in [0.2, 0.25) is 5.69 Å². The smallest absolute Gasteiger partial charge is 0.233 e. The van der Waals surface area contributed by atoms with E-state index in [1.54, 1.807) is 0 Å². The lowest BCUT2D eigenvalue weighted by atomic mass is 9.95. The van der Waals surface area contributed by atoms with Crippen LogP contribution in [0.5, 0.6) is 0 Å². The van der Waals surface area contributed by atoms with Gasteiger partial charge < -0.3 is 9.80 Å². The second kappa shape index (κ2) is 7.43. The Hall–Kier alpha value is -1.82. The van der Waals surface area contributed by atoms with Crippen molar-refractivity contribution in [1.29, 1.82) is 5.26 Å². The Morgan fingerprint density at radius 1 is 1.15 bits per heavy atom. The lowest BCUT2D eigenvalue weighted by molar-refractivity contribution is 0.249. The fraction of sp³-hybridized carbons (Fsp3) is 0.650. The van der Waals surface area contributed by atoms with Crippen molar-refractivity contribution < 1.29 is 0 Å². The third-order valence-electron chi connectivity index (χ3n) is 5.98. The fourth-order valence-electron chi connectivity index (χ4n) is 4.42. The van der Waals surface area contributed by atoms with E-state index in [9.17, 15) is 5.26 Å². The van der Waals surface area contributed by atoms with Gasteiger partial charge in [0.1, 0.15) is 17.0 Å². The minimum absolute atomic E-state index is 0.260. The van der Waals surface area contributed by atoms with Crippen molar-refractivity contribution in [3.8, 4) is 6.07 Å². The highest BCUT2D eigenvalue weighted by atomic mass is 35.5. The second-order valence-electron chi connectivity index (χ2n) is 7.80. The molecule has 136 valence electrons. The van der Waals surface area contributed by atoms with Crippen LogP contribution < -0.4 is 4.90 Å². The predicted octanol–water partition coefficient (Wildman–Crippen LogP) is 4.35. The van der Waals surface area contributed by atoms with Gasteiger partial charge in [-0.05, 0) is 69.0 Å². The largest absolute Gasteiger partial charge is 0.365 e. The van der Waals surface area contributed by atoms with Crippen LogP contribution in [0, 0.1) is 23.8 Å². The first-order chi connectivity index (χ1) is 12.7. The molecule has 0 radical (unpaired) electrons. The minimum atomic E-state index is 0.260. The highest BCUT2D eigenvalue weighted by Crippen LogP contribution is 2.50. The third-order valence-corrected chi connectivity index (χ3v) is 6.26. The standard InChI is InChI=1S/C20H24ClN5/c1-23-18-17(15-4-5-15)16(12-22)19(21)24-20(18)26-10-6-14(7-11-26)13-25-8-2-3-9-25/h14-15H,2-11,13H2. The maximum atomic E-state index is 9.47. The number of hydrogen-bond acceptors (Lipinski definition) is 4. The van der Waals surface area contributed by atoms with Gasteiger partial charge in [-0.1, -0.05) is 11.6 Å². The van der Waals surface area contributed by atoms with E-state index >= 15 is 0 Å². The van der Waals surface area contributed by atoms with Crippen molar-refractivity contribution in [1.82, 2.24) is 9.88 Å². The zero-order valence-electron chi connectivity index (χ0n) is 15.0. The summed E-state index contributed by atoms with van der Waals surface area (Å²) < 4.78 is 0. The third kappa shape index (κ3) is 3.39. The molecule has 2 aliphatic heterocycles. The molecule has 1 aromatic heterocycles. The molecule has 4 rings (SSSR count). The molecular weight excluding hydrogens is 346 g/mol. The maximum absolute atomic E-state index is 9.47. The Morgan fingerprint density at radius 3 is 2.42 bits per heavy atom. The number of nitrogens with zero attached hydrogens (tertiary/aromatic N) is 5. The SMILES string of the molecule is [C-]#[N+]c1c(N2CCC(CN3CCCC3)CC2)nc(Cl)c(C#N)c1C1CC1. The average Bonchev–Trinajstić information content (AvgIpc) is 3.38. The Morgan fingerprint density at radius 2 is 1.85 bits per heavy atom. The topological polar surface area (TPSA) is 47.5 Å². The summed E-state index contributed by atoms with van der Waals surface area (Å²) in [5.74, 6) is 1.74. The van der Waals surface area contributed by atoms with Crippen LogP contribution in [0.25, 0.3) is 4.85 Å². The Bertz CT molecular complexity index is 760. The number of halogens is 1. The number of rotatable bonds is 4. The number of hydrogen-bond donors (Lipinski definition) is 0. The van der Waals surface area contributed by atoms with Crippen molar-refractivity contribution in [2.45, 2.75) is 44.4 Å². The molecule has 3 fully saturated rings. The van der Waals surface area contributed by atoms with Crippen LogP contribution in [0.4, 0.5) is 11.5 Å². The van der Waals surface area contributed by atoms with Crippen LogP contribution in [-0.4, -0.2) is 42.6 Å². The van der Waals surface area contributed by atoms with Crippen LogP contribution >= 0.6 is 11.6 Å². The monoisotopic (exact) mass is 369 g/mol. The summed E-state index contributed by atoms with van der Waals surface area (Å²) in [6.07, 6.45) is 7.01. The van der Waals surface area contributed by atoms with Gasteiger partial charge in [0.05, 0.1) is 12.1 Å². The summed E-state index contributed by atoms with van der Waals surface area (Å²) in [6.45, 7) is 13.2. The summed E-state index contributed by atoms with van der Waals surface area (Å²) in [5, 5.41) is 9.73. The van der Waals surface area contributed by atoms with E-state index in [4.69, 9.17) is 18.2 Å². The average molecular weight is 370 g/mol. The van der Waals surface area contributed by atoms with Crippen molar-refractivity contribution >= 4 is 23.1 Å². The Kier molecular flexibility index (Phi) is 5.02. The summed E-state index contributed by atoms with van der Waals surface area (Å²) in [4.78, 5) is 13.1. The quantitative estimate of drug-likeness (QED) is 0.584. The van der Waals surface area contributed by atoms with Gasteiger partial charge in [-0.3, -0.25) is 0 Å². The van der Waals surface area contributed by atoms with Gasteiger partial charge >= 0.3 is 0 Å². The number of aromatic nitrogens is 1. The lowest BCUT2D eigenvalue weighted by Gasteiger charge is -2.35. The summed E-state index contributed by atoms with van der Waals surface area (Å²) in [5.41, 5.74) is 1.82. The van der Waals surface area contributed by atoms with Gasteiger partial charge in [0.25, 0.3) is 0 Å². The molecule has 0 bridgehead atoms. The van der Waals surface area contributed by atoms with Gasteiger partial charge in [0.15, 0.2) is 0 Å². The molecule has 1 saturated carbocycles. The fourth-order valence-corrected chi connectivity index (χ4v) is 4.64. The molecule has 3 aliphatic rings. The molecule has 0 N–H and O–H groups in total. The van der Waals surface area contributed by atoms with Crippen LogP contribution in [0.2, 0.25) is 5.15 Å². The van der Waals surface area contributed by atoms with E-state index in [-0.39, 0.29) is 5.15 Å². The van der Waals surface area contributed by atoms with Crippen LogP contribution in [0.1, 0.15) is 55.6 Å². The highest BCUT2D eigenvalue weighted by Gasteiger charge is 2.34. The van der Waals surface area contributed by atoms with E-state index in [1.165, 1.54) is 32.5 Å². The predicted molar refractivity (Wildman–Crippen MR) is 103 cm³/mol. The van der Waals surface area contributed by atoms with Crippen LogP contribution in [0.3, 0.4) is 0 Å². The molecule has 0 atom stereocenters. The van der Waals surface area contributed by atoms with Crippen LogP contribution in [-0.2, 0) is 0 Å². The molecule has 2 saturated heterocycles. The molecule has 26 heavy (non-hydrogen) atoms. The molecule has 0 spiro atoms. The molecule has 5 nitrogen and oxygen atoms in total. The first-order valence-corrected chi connectivity index (χ1v) is 10.1. The molecule has 0 amide bonds. The van der Waals surface area contributed by atoms with E-state index in [0.29, 0.717) is 23.0 Å². The molecule has 3 heterocycles. The molecular formula is C20H24ClN5. The van der Waals surface area contributed by atoms with Crippen molar-refractivity contribution in [2.75, 3.05) is 37.6 Å². The Labute approximate surface area is 160 Å². The number of nitriles is 1. The normalized spacial score (nSPS) is 21.6. The van der Waals surface area contributed by atoms with Gasteiger partial charge in [-0.2, -0.15) is 5.26 Å². The minimum Gasteiger partial charge on any atom is -0.365 e. The number of piperidine rings is 1. The molecule has 0 aromatic carbocycles. The zero-order valence-corrected chi connectivity index (χ0v) is 15.8. The molecule has 1 aromatic rings. The molecule has 1 aliphatic carbocycles. The molecule has 6 heteroatoms. The summed E-state index contributed by atoms with van der Waals surface area (Å²) in [6, 6.07) is 2.18. The van der Waals surface area contributed by atoms with Gasteiger partial charge in [-0.25, -0.2) is 9.83 Å². The summed E-state index contributed by atoms with van der Waals surface area (Å²) in [7, 11) is 0.